The number of nitrogens with zero attached hydrogens (tertiary/aromatic N) is 1. The molecule has 1 unspecified atom stereocenters. The van der Waals surface area contributed by atoms with Crippen molar-refractivity contribution >= 4 is 5.71 Å². The zero-order valence-electron chi connectivity index (χ0n) is 12.9. The monoisotopic (exact) mass is 272 g/mol. The van der Waals surface area contributed by atoms with Crippen LogP contribution in [0, 0.1) is 29.6 Å². The summed E-state index contributed by atoms with van der Waals surface area (Å²) < 4.78 is 0. The zero-order valence-corrected chi connectivity index (χ0v) is 12.9. The molecule has 5 rings (SSSR count). The molecule has 0 radical (unpaired) electrons. The molecule has 4 fully saturated rings. The molecule has 2 heteroatoms. The molecule has 2 nitrogen and oxygen atoms in total. The Morgan fingerprint density at radius 2 is 1.60 bits per heavy atom. The third-order valence-corrected chi connectivity index (χ3v) is 6.64. The third kappa shape index (κ3) is 1.95. The Morgan fingerprint density at radius 1 is 1.00 bits per heavy atom. The molecule has 110 valence electrons. The molecule has 4 saturated carbocycles. The van der Waals surface area contributed by atoms with Crippen molar-refractivity contribution in [3.63, 3.8) is 0 Å². The lowest BCUT2D eigenvalue weighted by Crippen LogP contribution is -2.48. The zero-order chi connectivity index (χ0) is 13.9. The highest BCUT2D eigenvalue weighted by Gasteiger charge is 2.48. The summed E-state index contributed by atoms with van der Waals surface area (Å²) in [7, 11) is 0. The number of rotatable bonds is 1. The largest absolute Gasteiger partial charge is 0.402 e. The van der Waals surface area contributed by atoms with Crippen LogP contribution in [0.1, 0.15) is 58.8 Å². The van der Waals surface area contributed by atoms with Gasteiger partial charge in [0.25, 0.3) is 0 Å². The van der Waals surface area contributed by atoms with E-state index in [0.29, 0.717) is 12.0 Å². The minimum Gasteiger partial charge on any atom is -0.402 e. The first-order valence-corrected chi connectivity index (χ1v) is 8.65. The summed E-state index contributed by atoms with van der Waals surface area (Å²) in [6.45, 7) is 4.53. The highest BCUT2D eigenvalue weighted by molar-refractivity contribution is 6.02. The van der Waals surface area contributed by atoms with Crippen LogP contribution in [0.25, 0.3) is 0 Å². The van der Waals surface area contributed by atoms with Gasteiger partial charge in [-0.15, -0.1) is 0 Å². The van der Waals surface area contributed by atoms with Gasteiger partial charge in [-0.1, -0.05) is 6.92 Å². The highest BCUT2D eigenvalue weighted by atomic mass is 14.9. The molecule has 0 aromatic carbocycles. The van der Waals surface area contributed by atoms with E-state index in [0.717, 1.165) is 35.8 Å². The maximum atomic E-state index is 6.18. The molecule has 0 spiro atoms. The van der Waals surface area contributed by atoms with Gasteiger partial charge in [0.1, 0.15) is 0 Å². The van der Waals surface area contributed by atoms with Crippen LogP contribution >= 0.6 is 0 Å². The van der Waals surface area contributed by atoms with Crippen molar-refractivity contribution in [2.24, 2.45) is 40.3 Å². The van der Waals surface area contributed by atoms with Gasteiger partial charge in [0.05, 0.1) is 6.04 Å². The minimum atomic E-state index is 0.611. The predicted molar refractivity (Wildman–Crippen MR) is 83.6 cm³/mol. The van der Waals surface area contributed by atoms with E-state index in [2.05, 4.69) is 13.8 Å². The van der Waals surface area contributed by atoms with Crippen LogP contribution < -0.4 is 5.73 Å². The van der Waals surface area contributed by atoms with Gasteiger partial charge in [0.15, 0.2) is 0 Å². The summed E-state index contributed by atoms with van der Waals surface area (Å²) in [5.74, 6) is 4.47. The molecule has 20 heavy (non-hydrogen) atoms. The molecule has 5 aliphatic rings. The van der Waals surface area contributed by atoms with E-state index < -0.39 is 0 Å². The average molecular weight is 272 g/mol. The molecule has 4 bridgehead atoms. The number of hydrogen-bond donors (Lipinski definition) is 1. The highest BCUT2D eigenvalue weighted by Crippen LogP contribution is 2.55. The van der Waals surface area contributed by atoms with Crippen molar-refractivity contribution in [1.82, 2.24) is 0 Å². The molecule has 1 atom stereocenters. The van der Waals surface area contributed by atoms with E-state index in [1.165, 1.54) is 49.8 Å². The SMILES string of the molecule is CC1=C(N)CCC(C)C1=NC1C2CC3CC(C2)CC1C3. The van der Waals surface area contributed by atoms with Crippen LogP contribution in [0.3, 0.4) is 0 Å². The van der Waals surface area contributed by atoms with Crippen LogP contribution in [0.4, 0.5) is 0 Å². The molecule has 0 aromatic heterocycles. The van der Waals surface area contributed by atoms with Crippen molar-refractivity contribution in [2.75, 3.05) is 0 Å². The van der Waals surface area contributed by atoms with E-state index in [9.17, 15) is 0 Å². The van der Waals surface area contributed by atoms with Gasteiger partial charge < -0.3 is 5.73 Å². The summed E-state index contributed by atoms with van der Waals surface area (Å²) in [5.41, 5.74) is 9.92. The molecular weight excluding hydrogens is 244 g/mol. The second kappa shape index (κ2) is 4.61. The van der Waals surface area contributed by atoms with E-state index in [-0.39, 0.29) is 0 Å². The van der Waals surface area contributed by atoms with Gasteiger partial charge in [0.2, 0.25) is 0 Å². The predicted octanol–water partition coefficient (Wildman–Crippen LogP) is 3.91. The van der Waals surface area contributed by atoms with Gasteiger partial charge in [-0.05, 0) is 87.0 Å². The molecule has 2 N–H and O–H groups in total. The summed E-state index contributed by atoms with van der Waals surface area (Å²) in [5, 5.41) is 0. The maximum Gasteiger partial charge on any atom is 0.0559 e. The quantitative estimate of drug-likeness (QED) is 0.772. The molecule has 0 saturated heterocycles. The molecular formula is C18H28N2. The second-order valence-electron chi connectivity index (χ2n) is 8.03. The van der Waals surface area contributed by atoms with Gasteiger partial charge in [-0.25, -0.2) is 0 Å². The molecule has 0 aromatic rings. The number of nitrogens with two attached hydrogens (primary N) is 1. The standard InChI is InChI=1S/C18H28N2/c1-10-3-4-16(19)11(2)17(10)20-18-14-6-12-5-13(8-14)9-15(18)7-12/h10,12-15,18H,3-9,19H2,1-2H3. The first-order valence-electron chi connectivity index (χ1n) is 8.65. The fraction of sp³-hybridized carbons (Fsp3) is 0.833. The van der Waals surface area contributed by atoms with Crippen molar-refractivity contribution in [2.45, 2.75) is 64.8 Å². The van der Waals surface area contributed by atoms with Crippen LogP contribution in [-0.4, -0.2) is 11.8 Å². The minimum absolute atomic E-state index is 0.611. The average Bonchev–Trinajstić information content (AvgIpc) is 2.41. The Hall–Kier alpha value is -0.790. The first kappa shape index (κ1) is 12.9. The maximum absolute atomic E-state index is 6.18. The van der Waals surface area contributed by atoms with E-state index >= 15 is 0 Å². The molecule has 0 aliphatic heterocycles. The lowest BCUT2D eigenvalue weighted by Gasteiger charge is -2.53. The van der Waals surface area contributed by atoms with Crippen molar-refractivity contribution in [1.29, 1.82) is 0 Å². The lowest BCUT2D eigenvalue weighted by molar-refractivity contribution is 0.00113. The first-order chi connectivity index (χ1) is 9.61. The van der Waals surface area contributed by atoms with Crippen LogP contribution in [-0.2, 0) is 0 Å². The number of allylic oxidation sites excluding steroid dienone is 2. The second-order valence-corrected chi connectivity index (χ2v) is 8.03. The summed E-state index contributed by atoms with van der Waals surface area (Å²) in [6, 6.07) is 0.626. The van der Waals surface area contributed by atoms with E-state index in [4.69, 9.17) is 10.7 Å². The van der Waals surface area contributed by atoms with E-state index in [1.54, 1.807) is 0 Å². The molecule has 5 aliphatic carbocycles. The Balaban J connectivity index is 1.64. The lowest BCUT2D eigenvalue weighted by atomic mass is 9.54. The van der Waals surface area contributed by atoms with Crippen molar-refractivity contribution in [3.05, 3.63) is 11.3 Å². The van der Waals surface area contributed by atoms with Gasteiger partial charge >= 0.3 is 0 Å². The van der Waals surface area contributed by atoms with Gasteiger partial charge in [-0.2, -0.15) is 0 Å². The van der Waals surface area contributed by atoms with Crippen LogP contribution in [0.5, 0.6) is 0 Å². The normalized spacial score (nSPS) is 49.2. The van der Waals surface area contributed by atoms with E-state index in [1.807, 2.05) is 0 Å². The summed E-state index contributed by atoms with van der Waals surface area (Å²) in [6.07, 6.45) is 9.62. The Bertz CT molecular complexity index is 446. The molecule has 0 heterocycles. The summed E-state index contributed by atoms with van der Waals surface area (Å²) in [4.78, 5) is 5.33. The van der Waals surface area contributed by atoms with Gasteiger partial charge in [0, 0.05) is 11.4 Å². The fourth-order valence-corrected chi connectivity index (χ4v) is 5.72. The Labute approximate surface area is 122 Å². The topological polar surface area (TPSA) is 38.4 Å². The van der Waals surface area contributed by atoms with Crippen molar-refractivity contribution < 1.29 is 0 Å². The van der Waals surface area contributed by atoms with Gasteiger partial charge in [-0.3, -0.25) is 4.99 Å². The van der Waals surface area contributed by atoms with Crippen LogP contribution in [0.15, 0.2) is 16.3 Å². The number of hydrogen-bond acceptors (Lipinski definition) is 2. The summed E-state index contributed by atoms with van der Waals surface area (Å²) >= 11 is 0. The van der Waals surface area contributed by atoms with Crippen molar-refractivity contribution in [3.8, 4) is 0 Å². The smallest absolute Gasteiger partial charge is 0.0559 e. The Kier molecular flexibility index (Phi) is 2.98. The number of aliphatic imine (C=N–C) groups is 1. The Morgan fingerprint density at radius 3 is 2.20 bits per heavy atom. The van der Waals surface area contributed by atoms with Crippen LogP contribution in [0.2, 0.25) is 0 Å². The molecule has 0 amide bonds. The fourth-order valence-electron chi connectivity index (χ4n) is 5.72. The third-order valence-electron chi connectivity index (χ3n) is 6.64.